The van der Waals surface area contributed by atoms with Gasteiger partial charge in [-0.2, -0.15) is 0 Å². The second kappa shape index (κ2) is 3.74. The maximum atomic E-state index is 10.9. The molecule has 2 heteroatoms. The Morgan fingerprint density at radius 2 is 2.08 bits per heavy atom. The maximum Gasteiger partial charge on any atom is 0.197 e. The average Bonchev–Trinajstić information content (AvgIpc) is 2.30. The van der Waals surface area contributed by atoms with Crippen LogP contribution in [0, 0.1) is 5.92 Å². The van der Waals surface area contributed by atoms with Gasteiger partial charge in [0, 0.05) is 6.42 Å². The summed E-state index contributed by atoms with van der Waals surface area (Å²) in [7, 11) is 0. The number of Topliss-reactive ketones (excluding diaryl/α,β-unsaturated/α-hetero) is 1. The average molecular weight is 168 g/mol. The molecule has 0 spiro atoms. The first-order valence-electron chi connectivity index (χ1n) is 4.55. The minimum atomic E-state index is -0.0752. The van der Waals surface area contributed by atoms with Gasteiger partial charge in [0.15, 0.2) is 11.5 Å². The molecule has 0 saturated heterocycles. The van der Waals surface area contributed by atoms with Crippen molar-refractivity contribution in [1.82, 2.24) is 0 Å². The quantitative estimate of drug-likeness (QED) is 0.703. The van der Waals surface area contributed by atoms with Crippen molar-refractivity contribution in [2.45, 2.75) is 39.5 Å². The zero-order chi connectivity index (χ0) is 9.14. The molecule has 0 aromatic heterocycles. The van der Waals surface area contributed by atoms with Crippen LogP contribution in [0.5, 0.6) is 0 Å². The van der Waals surface area contributed by atoms with Crippen LogP contribution in [0.1, 0.15) is 39.5 Å². The van der Waals surface area contributed by atoms with Crippen LogP contribution in [0.3, 0.4) is 0 Å². The highest BCUT2D eigenvalue weighted by Crippen LogP contribution is 2.26. The van der Waals surface area contributed by atoms with E-state index in [9.17, 15) is 9.90 Å². The predicted octanol–water partition coefficient (Wildman–Crippen LogP) is 2.60. The molecule has 0 unspecified atom stereocenters. The number of ketones is 1. The molecule has 0 saturated carbocycles. The van der Waals surface area contributed by atoms with Crippen LogP contribution in [0.4, 0.5) is 0 Å². The van der Waals surface area contributed by atoms with E-state index in [0.29, 0.717) is 12.3 Å². The molecule has 0 radical (unpaired) electrons. The monoisotopic (exact) mass is 168 g/mol. The van der Waals surface area contributed by atoms with Gasteiger partial charge in [-0.15, -0.1) is 0 Å². The van der Waals surface area contributed by atoms with Crippen LogP contribution in [0.15, 0.2) is 11.3 Å². The largest absolute Gasteiger partial charge is 0.504 e. The van der Waals surface area contributed by atoms with Crippen LogP contribution in [0.25, 0.3) is 0 Å². The standard InChI is InChI=1S/C10H16O2/c1-7(2)3-4-8-5-6-9(11)10(8)12/h7,12H,3-6H2,1-2H3. The summed E-state index contributed by atoms with van der Waals surface area (Å²) in [6.45, 7) is 4.29. The molecular formula is C10H16O2. The van der Waals surface area contributed by atoms with Crippen molar-refractivity contribution < 1.29 is 9.90 Å². The lowest BCUT2D eigenvalue weighted by Gasteiger charge is -2.04. The number of hydrogen-bond donors (Lipinski definition) is 1. The number of carbonyl (C=O) groups is 1. The lowest BCUT2D eigenvalue weighted by molar-refractivity contribution is -0.117. The van der Waals surface area contributed by atoms with Crippen molar-refractivity contribution in [3.05, 3.63) is 11.3 Å². The van der Waals surface area contributed by atoms with E-state index in [4.69, 9.17) is 0 Å². The first-order valence-corrected chi connectivity index (χ1v) is 4.55. The van der Waals surface area contributed by atoms with Gasteiger partial charge < -0.3 is 5.11 Å². The van der Waals surface area contributed by atoms with E-state index in [0.717, 1.165) is 24.8 Å². The van der Waals surface area contributed by atoms with Crippen LogP contribution >= 0.6 is 0 Å². The van der Waals surface area contributed by atoms with E-state index < -0.39 is 0 Å². The molecule has 1 rings (SSSR count). The molecule has 0 aliphatic heterocycles. The summed E-state index contributed by atoms with van der Waals surface area (Å²) >= 11 is 0. The first-order chi connectivity index (χ1) is 5.61. The topological polar surface area (TPSA) is 37.3 Å². The van der Waals surface area contributed by atoms with Gasteiger partial charge in [0.2, 0.25) is 0 Å². The van der Waals surface area contributed by atoms with E-state index in [-0.39, 0.29) is 11.5 Å². The van der Waals surface area contributed by atoms with E-state index in [1.165, 1.54) is 0 Å². The zero-order valence-electron chi connectivity index (χ0n) is 7.76. The predicted molar refractivity (Wildman–Crippen MR) is 48.0 cm³/mol. The molecule has 0 bridgehead atoms. The fourth-order valence-corrected chi connectivity index (χ4v) is 1.40. The summed E-state index contributed by atoms with van der Waals surface area (Å²) in [6.07, 6.45) is 3.23. The molecule has 0 aromatic rings. The SMILES string of the molecule is CC(C)CCC1=C(O)C(=O)CC1. The summed E-state index contributed by atoms with van der Waals surface area (Å²) in [6, 6.07) is 0. The molecule has 2 nitrogen and oxygen atoms in total. The smallest absolute Gasteiger partial charge is 0.197 e. The molecule has 1 aliphatic rings. The van der Waals surface area contributed by atoms with Crippen molar-refractivity contribution in [3.8, 4) is 0 Å². The number of carbonyl (C=O) groups excluding carboxylic acids is 1. The molecule has 1 aliphatic carbocycles. The highest BCUT2D eigenvalue weighted by atomic mass is 16.3. The van der Waals surface area contributed by atoms with Crippen LogP contribution < -0.4 is 0 Å². The van der Waals surface area contributed by atoms with Gasteiger partial charge in [-0.1, -0.05) is 13.8 Å². The third-order valence-corrected chi connectivity index (χ3v) is 2.28. The molecule has 0 amide bonds. The Morgan fingerprint density at radius 3 is 2.50 bits per heavy atom. The Labute approximate surface area is 73.3 Å². The van der Waals surface area contributed by atoms with Crippen molar-refractivity contribution in [1.29, 1.82) is 0 Å². The molecule has 68 valence electrons. The summed E-state index contributed by atoms with van der Waals surface area (Å²) < 4.78 is 0. The molecule has 0 atom stereocenters. The maximum absolute atomic E-state index is 10.9. The van der Waals surface area contributed by atoms with Crippen molar-refractivity contribution in [2.24, 2.45) is 5.92 Å². The Bertz CT molecular complexity index is 214. The van der Waals surface area contributed by atoms with Gasteiger partial charge in [0.25, 0.3) is 0 Å². The summed E-state index contributed by atoms with van der Waals surface area (Å²) in [5.41, 5.74) is 0.966. The Hall–Kier alpha value is -0.790. The van der Waals surface area contributed by atoms with E-state index in [1.54, 1.807) is 0 Å². The molecule has 0 fully saturated rings. The normalized spacial score (nSPS) is 18.1. The third kappa shape index (κ3) is 2.10. The molecular weight excluding hydrogens is 152 g/mol. The van der Waals surface area contributed by atoms with Gasteiger partial charge in [0.1, 0.15) is 0 Å². The van der Waals surface area contributed by atoms with Crippen molar-refractivity contribution >= 4 is 5.78 Å². The first kappa shape index (κ1) is 9.30. The molecule has 0 aromatic carbocycles. The summed E-state index contributed by atoms with van der Waals surface area (Å²) in [5, 5.41) is 9.30. The Kier molecular flexibility index (Phi) is 2.90. The fraction of sp³-hybridized carbons (Fsp3) is 0.700. The number of allylic oxidation sites excluding steroid dienone is 2. The van der Waals surface area contributed by atoms with E-state index >= 15 is 0 Å². The highest BCUT2D eigenvalue weighted by molar-refractivity contribution is 5.96. The van der Waals surface area contributed by atoms with Crippen LogP contribution in [-0.2, 0) is 4.79 Å². The van der Waals surface area contributed by atoms with Crippen molar-refractivity contribution in [3.63, 3.8) is 0 Å². The lowest BCUT2D eigenvalue weighted by atomic mass is 10.0. The number of hydrogen-bond acceptors (Lipinski definition) is 2. The molecule has 0 heterocycles. The Balaban J connectivity index is 2.47. The van der Waals surface area contributed by atoms with Gasteiger partial charge in [-0.25, -0.2) is 0 Å². The second-order valence-corrected chi connectivity index (χ2v) is 3.81. The highest BCUT2D eigenvalue weighted by Gasteiger charge is 2.21. The van der Waals surface area contributed by atoms with Gasteiger partial charge in [-0.05, 0) is 30.8 Å². The van der Waals surface area contributed by atoms with Crippen molar-refractivity contribution in [2.75, 3.05) is 0 Å². The van der Waals surface area contributed by atoms with Gasteiger partial charge in [0.05, 0.1) is 0 Å². The lowest BCUT2D eigenvalue weighted by Crippen LogP contribution is -1.95. The number of rotatable bonds is 3. The number of aliphatic hydroxyl groups excluding tert-OH is 1. The minimum Gasteiger partial charge on any atom is -0.504 e. The van der Waals surface area contributed by atoms with Crippen LogP contribution in [-0.4, -0.2) is 10.9 Å². The minimum absolute atomic E-state index is 0.0515. The zero-order valence-corrected chi connectivity index (χ0v) is 7.76. The molecule has 12 heavy (non-hydrogen) atoms. The van der Waals surface area contributed by atoms with Gasteiger partial charge in [-0.3, -0.25) is 4.79 Å². The summed E-state index contributed by atoms with van der Waals surface area (Å²) in [5.74, 6) is 0.616. The summed E-state index contributed by atoms with van der Waals surface area (Å²) in [4.78, 5) is 10.9. The third-order valence-electron chi connectivity index (χ3n) is 2.28. The molecule has 1 N–H and O–H groups in total. The van der Waals surface area contributed by atoms with E-state index in [1.807, 2.05) is 0 Å². The Morgan fingerprint density at radius 1 is 1.42 bits per heavy atom. The van der Waals surface area contributed by atoms with Gasteiger partial charge >= 0.3 is 0 Å². The second-order valence-electron chi connectivity index (χ2n) is 3.81. The van der Waals surface area contributed by atoms with E-state index in [2.05, 4.69) is 13.8 Å². The fourth-order valence-electron chi connectivity index (χ4n) is 1.40. The van der Waals surface area contributed by atoms with Crippen LogP contribution in [0.2, 0.25) is 0 Å². The number of aliphatic hydroxyl groups is 1.